The second-order valence-corrected chi connectivity index (χ2v) is 6.92. The van der Waals surface area contributed by atoms with Crippen molar-refractivity contribution in [1.82, 2.24) is 0 Å². The number of carbonyl (C=O) groups excluding carboxylic acids is 4. The third-order valence-corrected chi connectivity index (χ3v) is 5.64. The Morgan fingerprint density at radius 2 is 1.52 bits per heavy atom. The van der Waals surface area contributed by atoms with Crippen molar-refractivity contribution in [3.63, 3.8) is 0 Å². The molecule has 2 bridgehead atoms. The third-order valence-electron chi connectivity index (χ3n) is 5.32. The summed E-state index contributed by atoms with van der Waals surface area (Å²) in [5.41, 5.74) is -0.399. The van der Waals surface area contributed by atoms with E-state index in [0.717, 1.165) is 11.0 Å². The number of rotatable bonds is 2. The van der Waals surface area contributed by atoms with Gasteiger partial charge in [-0.2, -0.15) is 0 Å². The lowest BCUT2D eigenvalue weighted by atomic mass is 9.58. The van der Waals surface area contributed by atoms with E-state index in [1.165, 1.54) is 12.1 Å². The maximum absolute atomic E-state index is 12.8. The van der Waals surface area contributed by atoms with Crippen LogP contribution in [-0.4, -0.2) is 28.3 Å². The van der Waals surface area contributed by atoms with Gasteiger partial charge < -0.3 is 0 Å². The van der Waals surface area contributed by atoms with Gasteiger partial charge in [0.15, 0.2) is 0 Å². The lowest BCUT2D eigenvalue weighted by Gasteiger charge is -2.40. The van der Waals surface area contributed by atoms with Crippen LogP contribution in [-0.2, 0) is 19.2 Å². The van der Waals surface area contributed by atoms with E-state index in [1.807, 2.05) is 0 Å². The van der Waals surface area contributed by atoms with Crippen molar-refractivity contribution in [2.75, 3.05) is 4.90 Å². The molecular weight excluding hydrogens is 352 g/mol. The molecule has 1 aromatic rings. The van der Waals surface area contributed by atoms with E-state index in [2.05, 4.69) is 0 Å². The van der Waals surface area contributed by atoms with Crippen LogP contribution in [0.15, 0.2) is 18.2 Å². The van der Waals surface area contributed by atoms with Gasteiger partial charge in [0.25, 0.3) is 5.69 Å². The van der Waals surface area contributed by atoms with Crippen molar-refractivity contribution < 1.29 is 24.1 Å². The van der Waals surface area contributed by atoms with Gasteiger partial charge in [0, 0.05) is 30.7 Å². The summed E-state index contributed by atoms with van der Waals surface area (Å²) in [7, 11) is 0. The van der Waals surface area contributed by atoms with E-state index in [-0.39, 0.29) is 35.1 Å². The summed E-state index contributed by atoms with van der Waals surface area (Å²) < 4.78 is 0. The summed E-state index contributed by atoms with van der Waals surface area (Å²) >= 11 is 5.77. The fraction of sp³-hybridized carbons (Fsp3) is 0.375. The van der Waals surface area contributed by atoms with Crippen molar-refractivity contribution in [2.45, 2.75) is 12.8 Å². The molecule has 25 heavy (non-hydrogen) atoms. The number of fused-ring (bicyclic) bond motifs is 2. The first kappa shape index (κ1) is 15.9. The van der Waals surface area contributed by atoms with E-state index in [9.17, 15) is 29.3 Å². The van der Waals surface area contributed by atoms with E-state index < -0.39 is 46.1 Å². The Kier molecular flexibility index (Phi) is 3.30. The molecule has 4 aliphatic rings. The summed E-state index contributed by atoms with van der Waals surface area (Å²) in [5.74, 6) is -4.76. The van der Waals surface area contributed by atoms with Crippen molar-refractivity contribution in [3.8, 4) is 0 Å². The molecule has 4 fully saturated rings. The van der Waals surface area contributed by atoms with Crippen LogP contribution in [0.25, 0.3) is 0 Å². The molecule has 8 nitrogen and oxygen atoms in total. The molecule has 0 aromatic heterocycles. The Balaban J connectivity index is 1.79. The second-order valence-electron chi connectivity index (χ2n) is 6.51. The molecule has 1 aromatic carbocycles. The van der Waals surface area contributed by atoms with Gasteiger partial charge >= 0.3 is 0 Å². The third kappa shape index (κ3) is 2.07. The smallest absolute Gasteiger partial charge is 0.289 e. The summed E-state index contributed by atoms with van der Waals surface area (Å²) in [6.45, 7) is 0. The van der Waals surface area contributed by atoms with E-state index >= 15 is 0 Å². The summed E-state index contributed by atoms with van der Waals surface area (Å²) in [4.78, 5) is 61.0. The standard InChI is InChI=1S/C16H11ClN2O6/c17-9-2-1-6(3-10(9)19(24)25)18-15(22)13-7-4-11(20)8(5-12(7)21)14(13)16(18)23/h1-3,7-8,13-14H,4-5H2. The molecule has 128 valence electrons. The number of nitro benzene ring substituents is 1. The number of Topliss-reactive ketones (excluding diaryl/α,β-unsaturated/α-hetero) is 2. The molecule has 5 rings (SSSR count). The van der Waals surface area contributed by atoms with Crippen molar-refractivity contribution in [1.29, 1.82) is 0 Å². The van der Waals surface area contributed by atoms with Gasteiger partial charge in [0.05, 0.1) is 22.4 Å². The minimum Gasteiger partial charge on any atom is -0.299 e. The van der Waals surface area contributed by atoms with E-state index in [4.69, 9.17) is 11.6 Å². The molecule has 4 atom stereocenters. The molecule has 0 radical (unpaired) electrons. The molecule has 4 unspecified atom stereocenters. The number of imide groups is 1. The molecule has 3 aliphatic carbocycles. The highest BCUT2D eigenvalue weighted by molar-refractivity contribution is 6.33. The SMILES string of the molecule is O=C1CC2C(=O)CC1C1C(=O)N(c3ccc(Cl)c([N+](=O)[O-])c3)C(=O)C21. The Morgan fingerprint density at radius 1 is 1.00 bits per heavy atom. The van der Waals surface area contributed by atoms with Crippen LogP contribution in [0.2, 0.25) is 5.02 Å². The highest BCUT2D eigenvalue weighted by Gasteiger charge is 2.63. The zero-order valence-corrected chi connectivity index (χ0v) is 13.4. The summed E-state index contributed by atoms with van der Waals surface area (Å²) in [6.07, 6.45) is -0.0312. The second kappa shape index (κ2) is 5.19. The maximum atomic E-state index is 12.8. The van der Waals surface area contributed by atoms with Crippen LogP contribution < -0.4 is 4.90 Å². The number of ketones is 2. The quantitative estimate of drug-likeness (QED) is 0.447. The number of anilines is 1. The lowest BCUT2D eigenvalue weighted by molar-refractivity contribution is -0.384. The molecular formula is C16H11ClN2O6. The molecule has 1 aliphatic heterocycles. The highest BCUT2D eigenvalue weighted by atomic mass is 35.5. The number of amides is 2. The topological polar surface area (TPSA) is 115 Å². The zero-order chi connectivity index (χ0) is 18.0. The van der Waals surface area contributed by atoms with Gasteiger partial charge in [-0.15, -0.1) is 0 Å². The highest BCUT2D eigenvalue weighted by Crippen LogP contribution is 2.51. The number of carbonyl (C=O) groups is 4. The summed E-state index contributed by atoms with van der Waals surface area (Å²) in [5, 5.41) is 10.9. The Morgan fingerprint density at radius 3 is 2.00 bits per heavy atom. The average Bonchev–Trinajstić information content (AvgIpc) is 2.82. The minimum absolute atomic E-state index is 0.0156. The largest absolute Gasteiger partial charge is 0.299 e. The first-order chi connectivity index (χ1) is 11.8. The minimum atomic E-state index is -0.855. The molecule has 9 heteroatoms. The monoisotopic (exact) mass is 362 g/mol. The molecule has 0 spiro atoms. The fourth-order valence-corrected chi connectivity index (χ4v) is 4.40. The first-order valence-electron chi connectivity index (χ1n) is 7.68. The van der Waals surface area contributed by atoms with E-state index in [1.54, 1.807) is 0 Å². The van der Waals surface area contributed by atoms with Gasteiger partial charge in [0.2, 0.25) is 11.8 Å². The maximum Gasteiger partial charge on any atom is 0.289 e. The Bertz CT molecular complexity index is 841. The van der Waals surface area contributed by atoms with Crippen molar-refractivity contribution >= 4 is 46.4 Å². The average molecular weight is 363 g/mol. The van der Waals surface area contributed by atoms with Gasteiger partial charge in [-0.3, -0.25) is 29.3 Å². The van der Waals surface area contributed by atoms with Gasteiger partial charge in [-0.25, -0.2) is 4.90 Å². The number of halogens is 1. The van der Waals surface area contributed by atoms with Crippen LogP contribution in [0, 0.1) is 33.8 Å². The molecule has 1 saturated heterocycles. The van der Waals surface area contributed by atoms with Gasteiger partial charge in [-0.05, 0) is 12.1 Å². The molecule has 2 amide bonds. The predicted octanol–water partition coefficient (Wildman–Crippen LogP) is 1.53. The first-order valence-corrected chi connectivity index (χ1v) is 8.06. The molecule has 1 heterocycles. The zero-order valence-electron chi connectivity index (χ0n) is 12.7. The van der Waals surface area contributed by atoms with Crippen LogP contribution in [0.1, 0.15) is 12.8 Å². The Hall–Kier alpha value is -2.61. The predicted molar refractivity (Wildman–Crippen MR) is 83.8 cm³/mol. The molecule has 0 N–H and O–H groups in total. The van der Waals surface area contributed by atoms with E-state index in [0.29, 0.717) is 0 Å². The number of benzene rings is 1. The fourth-order valence-electron chi connectivity index (χ4n) is 4.21. The number of nitro groups is 1. The van der Waals surface area contributed by atoms with Crippen molar-refractivity contribution in [3.05, 3.63) is 33.3 Å². The molecule has 3 saturated carbocycles. The van der Waals surface area contributed by atoms with Gasteiger partial charge in [0.1, 0.15) is 16.6 Å². The Labute approximate surface area is 145 Å². The van der Waals surface area contributed by atoms with Crippen LogP contribution in [0.4, 0.5) is 11.4 Å². The number of nitrogens with zero attached hydrogens (tertiary/aromatic N) is 2. The number of hydrogen-bond acceptors (Lipinski definition) is 6. The van der Waals surface area contributed by atoms with Crippen molar-refractivity contribution in [2.24, 2.45) is 23.7 Å². The van der Waals surface area contributed by atoms with Crippen LogP contribution in [0.3, 0.4) is 0 Å². The summed E-state index contributed by atoms with van der Waals surface area (Å²) in [6, 6.07) is 3.64. The van der Waals surface area contributed by atoms with Crippen LogP contribution >= 0.6 is 11.6 Å². The van der Waals surface area contributed by atoms with Gasteiger partial charge in [-0.1, -0.05) is 11.6 Å². The van der Waals surface area contributed by atoms with Crippen LogP contribution in [0.5, 0.6) is 0 Å². The normalized spacial score (nSPS) is 30.8. The lowest BCUT2D eigenvalue weighted by Crippen LogP contribution is -2.51. The number of hydrogen-bond donors (Lipinski definition) is 0.